The Bertz CT molecular complexity index is 1110. The Kier molecular flexibility index (Phi) is 5.96. The Morgan fingerprint density at radius 3 is 1.90 bits per heavy atom. The van der Waals surface area contributed by atoms with E-state index in [0.717, 1.165) is 24.3 Å². The molecule has 0 radical (unpaired) electrons. The molecule has 0 atom stereocenters. The third kappa shape index (κ3) is 4.37. The Labute approximate surface area is 172 Å². The molecule has 3 aromatic carbocycles. The van der Waals surface area contributed by atoms with Crippen LogP contribution >= 0.6 is 12.2 Å². The highest BCUT2D eigenvalue weighted by Crippen LogP contribution is 2.38. The summed E-state index contributed by atoms with van der Waals surface area (Å²) in [6, 6.07) is 7.51. The molecule has 0 spiro atoms. The van der Waals surface area contributed by atoms with E-state index in [1.165, 1.54) is 19.1 Å². The maximum atomic E-state index is 14.5. The van der Waals surface area contributed by atoms with Crippen molar-refractivity contribution in [2.24, 2.45) is 4.99 Å². The summed E-state index contributed by atoms with van der Waals surface area (Å²) in [6.07, 6.45) is -4.41. The molecule has 0 heterocycles. The van der Waals surface area contributed by atoms with E-state index in [0.29, 0.717) is 17.8 Å². The van der Waals surface area contributed by atoms with Crippen molar-refractivity contribution in [1.29, 1.82) is 0 Å². The summed E-state index contributed by atoms with van der Waals surface area (Å²) in [5.41, 5.74) is -2.44. The third-order valence-electron chi connectivity index (χ3n) is 4.07. The number of alkyl halides is 2. The SMILES string of the molecule is Cc1cc(F)c(-c2cc(F)c(C(F)(F)Oc3ccc(N=C=S)cc3)c(F)c2)c(F)c1. The van der Waals surface area contributed by atoms with Gasteiger partial charge in [-0.05, 0) is 78.8 Å². The zero-order valence-corrected chi connectivity index (χ0v) is 16.0. The van der Waals surface area contributed by atoms with Crippen LogP contribution < -0.4 is 4.74 Å². The number of hydrogen-bond donors (Lipinski definition) is 0. The predicted octanol–water partition coefficient (Wildman–Crippen LogP) is 7.08. The van der Waals surface area contributed by atoms with Crippen molar-refractivity contribution in [3.8, 4) is 16.9 Å². The fraction of sp³-hybridized carbons (Fsp3) is 0.0952. The van der Waals surface area contributed by atoms with E-state index >= 15 is 0 Å². The topological polar surface area (TPSA) is 21.6 Å². The molecule has 3 aromatic rings. The van der Waals surface area contributed by atoms with Crippen LogP contribution in [0.4, 0.5) is 32.0 Å². The first-order valence-electron chi connectivity index (χ1n) is 8.32. The molecule has 9 heteroatoms. The van der Waals surface area contributed by atoms with Crippen LogP contribution in [0, 0.1) is 30.2 Å². The number of thiocarbonyl (C=S) groups is 1. The maximum absolute atomic E-state index is 14.5. The summed E-state index contributed by atoms with van der Waals surface area (Å²) in [6.45, 7) is 1.42. The lowest BCUT2D eigenvalue weighted by Crippen LogP contribution is -2.25. The van der Waals surface area contributed by atoms with Gasteiger partial charge < -0.3 is 4.74 Å². The van der Waals surface area contributed by atoms with Crippen LogP contribution in [-0.4, -0.2) is 5.16 Å². The summed E-state index contributed by atoms with van der Waals surface area (Å²) in [7, 11) is 0. The number of rotatable bonds is 5. The van der Waals surface area contributed by atoms with Crippen LogP contribution in [0.15, 0.2) is 53.5 Å². The van der Waals surface area contributed by atoms with Crippen molar-refractivity contribution in [2.45, 2.75) is 13.0 Å². The van der Waals surface area contributed by atoms with Crippen LogP contribution in [0.25, 0.3) is 11.1 Å². The molecule has 30 heavy (non-hydrogen) atoms. The highest BCUT2D eigenvalue weighted by atomic mass is 32.1. The number of aryl methyl sites for hydroxylation is 1. The molecule has 0 amide bonds. The van der Waals surface area contributed by atoms with E-state index in [1.807, 2.05) is 0 Å². The summed E-state index contributed by atoms with van der Waals surface area (Å²) in [5, 5.41) is 2.09. The fourth-order valence-corrected chi connectivity index (χ4v) is 2.92. The van der Waals surface area contributed by atoms with E-state index < -0.39 is 51.8 Å². The first kappa shape index (κ1) is 21.5. The molecule has 154 valence electrons. The van der Waals surface area contributed by atoms with Gasteiger partial charge in [-0.1, -0.05) is 0 Å². The van der Waals surface area contributed by atoms with Crippen LogP contribution in [0.2, 0.25) is 0 Å². The Morgan fingerprint density at radius 1 is 0.867 bits per heavy atom. The lowest BCUT2D eigenvalue weighted by atomic mass is 10.00. The number of benzene rings is 3. The second kappa shape index (κ2) is 8.30. The third-order valence-corrected chi connectivity index (χ3v) is 4.16. The van der Waals surface area contributed by atoms with Gasteiger partial charge in [0.2, 0.25) is 0 Å². The normalized spacial score (nSPS) is 11.2. The molecule has 2 nitrogen and oxygen atoms in total. The molecule has 0 bridgehead atoms. The summed E-state index contributed by atoms with van der Waals surface area (Å²) in [4.78, 5) is 3.63. The highest BCUT2D eigenvalue weighted by Gasteiger charge is 2.41. The lowest BCUT2D eigenvalue weighted by molar-refractivity contribution is -0.189. The van der Waals surface area contributed by atoms with E-state index in [9.17, 15) is 26.3 Å². The predicted molar refractivity (Wildman–Crippen MR) is 102 cm³/mol. The van der Waals surface area contributed by atoms with Gasteiger partial charge in [0.1, 0.15) is 34.6 Å². The molecular formula is C21H11F6NOS. The molecule has 0 aliphatic carbocycles. The smallest absolute Gasteiger partial charge is 0.429 e. The standard InChI is InChI=1S/C21H11F6NOS/c1-11-6-15(22)19(16(23)7-11)12-8-17(24)20(18(25)9-12)21(26,27)29-14-4-2-13(3-5-14)28-10-30/h2-9H,1H3. The van der Waals surface area contributed by atoms with Crippen LogP contribution in [-0.2, 0) is 6.11 Å². The van der Waals surface area contributed by atoms with Gasteiger partial charge in [0.15, 0.2) is 0 Å². The first-order valence-corrected chi connectivity index (χ1v) is 8.73. The molecule has 3 rings (SSSR count). The minimum absolute atomic E-state index is 0.244. The van der Waals surface area contributed by atoms with Gasteiger partial charge in [0.25, 0.3) is 0 Å². The van der Waals surface area contributed by atoms with Gasteiger partial charge in [-0.3, -0.25) is 0 Å². The molecule has 0 saturated carbocycles. The van der Waals surface area contributed by atoms with Crippen molar-refractivity contribution in [3.63, 3.8) is 0 Å². The zero-order chi connectivity index (χ0) is 22.1. The van der Waals surface area contributed by atoms with Crippen LogP contribution in [0.1, 0.15) is 11.1 Å². The second-order valence-corrected chi connectivity index (χ2v) is 6.42. The van der Waals surface area contributed by atoms with Gasteiger partial charge in [-0.25, -0.2) is 17.6 Å². The average Bonchev–Trinajstić information content (AvgIpc) is 2.61. The summed E-state index contributed by atoms with van der Waals surface area (Å²) >= 11 is 4.42. The molecular weight excluding hydrogens is 428 g/mol. The van der Waals surface area contributed by atoms with E-state index in [4.69, 9.17) is 0 Å². The van der Waals surface area contributed by atoms with E-state index in [2.05, 4.69) is 27.1 Å². The quantitative estimate of drug-likeness (QED) is 0.241. The van der Waals surface area contributed by atoms with Gasteiger partial charge in [-0.15, -0.1) is 0 Å². The van der Waals surface area contributed by atoms with Crippen molar-refractivity contribution < 1.29 is 31.1 Å². The number of nitrogens with zero attached hydrogens (tertiary/aromatic N) is 1. The molecule has 0 saturated heterocycles. The number of isothiocyanates is 1. The lowest BCUT2D eigenvalue weighted by Gasteiger charge is -2.20. The minimum atomic E-state index is -4.41. The highest BCUT2D eigenvalue weighted by molar-refractivity contribution is 7.78. The first-order chi connectivity index (χ1) is 14.1. The van der Waals surface area contributed by atoms with Crippen molar-refractivity contribution >= 4 is 23.1 Å². The van der Waals surface area contributed by atoms with Gasteiger partial charge >= 0.3 is 6.11 Å². The number of ether oxygens (including phenoxy) is 1. The molecule has 0 unspecified atom stereocenters. The van der Waals surface area contributed by atoms with Gasteiger partial charge in [0.05, 0.1) is 16.4 Å². The Balaban J connectivity index is 1.99. The minimum Gasteiger partial charge on any atom is -0.429 e. The van der Waals surface area contributed by atoms with Crippen molar-refractivity contribution in [2.75, 3.05) is 0 Å². The van der Waals surface area contributed by atoms with Crippen molar-refractivity contribution in [1.82, 2.24) is 0 Å². The number of hydrogen-bond acceptors (Lipinski definition) is 3. The Hall–Kier alpha value is -3.16. The monoisotopic (exact) mass is 439 g/mol. The zero-order valence-electron chi connectivity index (χ0n) is 15.2. The number of aliphatic imine (C=N–C) groups is 1. The largest absolute Gasteiger partial charge is 0.432 e. The summed E-state index contributed by atoms with van der Waals surface area (Å²) in [5.74, 6) is -6.02. The van der Waals surface area contributed by atoms with Gasteiger partial charge in [-0.2, -0.15) is 13.8 Å². The summed E-state index contributed by atoms with van der Waals surface area (Å²) < 4.78 is 90.4. The molecule has 0 aromatic heterocycles. The van der Waals surface area contributed by atoms with Crippen LogP contribution in [0.3, 0.4) is 0 Å². The molecule has 0 fully saturated rings. The van der Waals surface area contributed by atoms with E-state index in [1.54, 1.807) is 0 Å². The molecule has 0 N–H and O–H groups in total. The number of halogens is 6. The van der Waals surface area contributed by atoms with Crippen LogP contribution in [0.5, 0.6) is 5.75 Å². The molecule has 0 aliphatic heterocycles. The average molecular weight is 439 g/mol. The van der Waals surface area contributed by atoms with E-state index in [-0.39, 0.29) is 5.56 Å². The maximum Gasteiger partial charge on any atom is 0.432 e. The van der Waals surface area contributed by atoms with Crippen molar-refractivity contribution in [3.05, 3.63) is 82.9 Å². The molecule has 0 aliphatic rings. The second-order valence-electron chi connectivity index (χ2n) is 6.23. The van der Waals surface area contributed by atoms with Gasteiger partial charge in [0, 0.05) is 0 Å². The Morgan fingerprint density at radius 2 is 1.40 bits per heavy atom. The fourth-order valence-electron chi connectivity index (χ4n) is 2.81.